The molecule has 0 spiro atoms. The van der Waals surface area contributed by atoms with Gasteiger partial charge < -0.3 is 0 Å². The van der Waals surface area contributed by atoms with Crippen LogP contribution in [0.1, 0.15) is 50.6 Å². The van der Waals surface area contributed by atoms with Crippen molar-refractivity contribution in [3.8, 4) is 12.1 Å². The minimum Gasteiger partial charge on any atom is -0.298 e. The van der Waals surface area contributed by atoms with Gasteiger partial charge in [0.15, 0.2) is 5.78 Å². The Hall–Kier alpha value is -2.14. The number of nitriles is 2. The van der Waals surface area contributed by atoms with Crippen molar-refractivity contribution in [2.45, 2.75) is 45.4 Å². The largest absolute Gasteiger partial charge is 0.298 e. The van der Waals surface area contributed by atoms with E-state index in [-0.39, 0.29) is 17.1 Å². The Morgan fingerprint density at radius 3 is 2.59 bits per heavy atom. The van der Waals surface area contributed by atoms with Gasteiger partial charge >= 0.3 is 0 Å². The molecule has 1 unspecified atom stereocenters. The van der Waals surface area contributed by atoms with Crippen molar-refractivity contribution in [3.63, 3.8) is 0 Å². The van der Waals surface area contributed by atoms with Crippen LogP contribution in [0.2, 0.25) is 0 Å². The maximum atomic E-state index is 12.6. The lowest BCUT2D eigenvalue weighted by molar-refractivity contribution is -0.140. The van der Waals surface area contributed by atoms with Crippen LogP contribution in [-0.2, 0) is 23.7 Å². The third-order valence-electron chi connectivity index (χ3n) is 5.85. The highest BCUT2D eigenvalue weighted by atomic mass is 16.1. The van der Waals surface area contributed by atoms with Crippen molar-refractivity contribution in [2.24, 2.45) is 24.3 Å². The van der Waals surface area contributed by atoms with Crippen LogP contribution in [0, 0.1) is 39.9 Å². The zero-order valence-electron chi connectivity index (χ0n) is 13.5. The van der Waals surface area contributed by atoms with Crippen LogP contribution in [-0.4, -0.2) is 15.6 Å². The number of rotatable bonds is 0. The Morgan fingerprint density at radius 2 is 2.00 bits per heavy atom. The molecule has 1 fully saturated rings. The Bertz CT molecular complexity index is 746. The third kappa shape index (κ3) is 1.63. The number of nitrogens with zero attached hydrogens (tertiary/aromatic N) is 4. The van der Waals surface area contributed by atoms with Crippen molar-refractivity contribution in [1.82, 2.24) is 9.78 Å². The van der Waals surface area contributed by atoms with Crippen LogP contribution in [0.4, 0.5) is 0 Å². The predicted octanol–water partition coefficient (Wildman–Crippen LogP) is 2.25. The lowest BCUT2D eigenvalue weighted by atomic mass is 9.49. The fourth-order valence-corrected chi connectivity index (χ4v) is 4.81. The van der Waals surface area contributed by atoms with Crippen LogP contribution >= 0.6 is 0 Å². The SMILES string of the molecule is Cn1nc2c(c1C#N)CC[C@H]1C(C)(C)C(=O)C(C#N)C[C@]21C. The van der Waals surface area contributed by atoms with E-state index in [9.17, 15) is 15.3 Å². The second kappa shape index (κ2) is 4.43. The van der Waals surface area contributed by atoms with Gasteiger partial charge in [0, 0.05) is 23.4 Å². The normalized spacial score (nSPS) is 32.5. The molecule has 0 amide bonds. The molecule has 114 valence electrons. The molecule has 0 radical (unpaired) electrons. The van der Waals surface area contributed by atoms with Gasteiger partial charge in [-0.2, -0.15) is 15.6 Å². The van der Waals surface area contributed by atoms with Gasteiger partial charge in [0.2, 0.25) is 0 Å². The lowest BCUT2D eigenvalue weighted by Crippen LogP contribution is -2.55. The number of carbonyl (C=O) groups excluding carboxylic acids is 1. The average Bonchev–Trinajstić information content (AvgIpc) is 2.80. The first kappa shape index (κ1) is 14.8. The molecule has 1 heterocycles. The number of aryl methyl sites for hydroxylation is 1. The fraction of sp³-hybridized carbons (Fsp3) is 0.647. The molecule has 0 aliphatic heterocycles. The summed E-state index contributed by atoms with van der Waals surface area (Å²) in [6, 6.07) is 4.42. The van der Waals surface area contributed by atoms with Crippen LogP contribution in [0.5, 0.6) is 0 Å². The van der Waals surface area contributed by atoms with E-state index in [1.165, 1.54) is 0 Å². The molecule has 0 N–H and O–H groups in total. The Labute approximate surface area is 130 Å². The summed E-state index contributed by atoms with van der Waals surface area (Å²) < 4.78 is 1.64. The summed E-state index contributed by atoms with van der Waals surface area (Å²) in [6.07, 6.45) is 2.15. The van der Waals surface area contributed by atoms with E-state index in [1.807, 2.05) is 13.8 Å². The molecule has 1 saturated carbocycles. The average molecular weight is 296 g/mol. The monoisotopic (exact) mass is 296 g/mol. The van der Waals surface area contributed by atoms with E-state index >= 15 is 0 Å². The predicted molar refractivity (Wildman–Crippen MR) is 79.6 cm³/mol. The summed E-state index contributed by atoms with van der Waals surface area (Å²) in [7, 11) is 1.79. The first-order valence-corrected chi connectivity index (χ1v) is 7.67. The Morgan fingerprint density at radius 1 is 1.32 bits per heavy atom. The van der Waals surface area contributed by atoms with Gasteiger partial charge in [0.1, 0.15) is 17.7 Å². The lowest BCUT2D eigenvalue weighted by Gasteiger charge is -2.52. The second-order valence-electron chi connectivity index (χ2n) is 7.39. The van der Waals surface area contributed by atoms with Gasteiger partial charge in [-0.25, -0.2) is 0 Å². The molecule has 2 aliphatic rings. The van der Waals surface area contributed by atoms with Crippen LogP contribution in [0.25, 0.3) is 0 Å². The van der Waals surface area contributed by atoms with Gasteiger partial charge in [0.25, 0.3) is 0 Å². The zero-order valence-corrected chi connectivity index (χ0v) is 13.5. The first-order valence-electron chi connectivity index (χ1n) is 7.67. The van der Waals surface area contributed by atoms with E-state index in [0.717, 1.165) is 24.1 Å². The minimum absolute atomic E-state index is 0.0531. The number of hydrogen-bond donors (Lipinski definition) is 0. The number of fused-ring (bicyclic) bond motifs is 3. The number of hydrogen-bond acceptors (Lipinski definition) is 4. The van der Waals surface area contributed by atoms with Crippen LogP contribution in [0.3, 0.4) is 0 Å². The quantitative estimate of drug-likeness (QED) is 0.735. The number of ketones is 1. The molecule has 5 nitrogen and oxygen atoms in total. The molecule has 5 heteroatoms. The summed E-state index contributed by atoms with van der Waals surface area (Å²) in [5, 5.41) is 23.4. The third-order valence-corrected chi connectivity index (χ3v) is 5.85. The van der Waals surface area contributed by atoms with Crippen molar-refractivity contribution in [1.29, 1.82) is 10.5 Å². The van der Waals surface area contributed by atoms with E-state index in [4.69, 9.17) is 0 Å². The second-order valence-corrected chi connectivity index (χ2v) is 7.39. The Balaban J connectivity index is 2.21. The number of Topliss-reactive ketones (excluding diaryl/α,β-unsaturated/α-hetero) is 1. The maximum absolute atomic E-state index is 12.6. The molecule has 1 aromatic heterocycles. The molecule has 22 heavy (non-hydrogen) atoms. The zero-order chi connectivity index (χ0) is 16.3. The Kier molecular flexibility index (Phi) is 2.98. The van der Waals surface area contributed by atoms with Gasteiger partial charge in [-0.15, -0.1) is 0 Å². The molecular weight excluding hydrogens is 276 g/mol. The van der Waals surface area contributed by atoms with Gasteiger partial charge in [0.05, 0.1) is 11.8 Å². The highest BCUT2D eigenvalue weighted by Gasteiger charge is 2.58. The maximum Gasteiger partial charge on any atom is 0.155 e. The highest BCUT2D eigenvalue weighted by molar-refractivity contribution is 5.90. The van der Waals surface area contributed by atoms with E-state index in [1.54, 1.807) is 11.7 Å². The fourth-order valence-electron chi connectivity index (χ4n) is 4.81. The van der Waals surface area contributed by atoms with Crippen molar-refractivity contribution in [2.75, 3.05) is 0 Å². The van der Waals surface area contributed by atoms with E-state index < -0.39 is 11.3 Å². The van der Waals surface area contributed by atoms with Gasteiger partial charge in [-0.05, 0) is 25.2 Å². The van der Waals surface area contributed by atoms with Crippen LogP contribution < -0.4 is 0 Å². The number of aromatic nitrogens is 2. The van der Waals surface area contributed by atoms with Crippen LogP contribution in [0.15, 0.2) is 0 Å². The molecule has 1 aromatic rings. The smallest absolute Gasteiger partial charge is 0.155 e. The van der Waals surface area contributed by atoms with E-state index in [0.29, 0.717) is 12.1 Å². The molecule has 2 aliphatic carbocycles. The minimum atomic E-state index is -0.588. The summed E-state index contributed by atoms with van der Waals surface area (Å²) in [5.74, 6) is -0.377. The molecule has 0 bridgehead atoms. The summed E-state index contributed by atoms with van der Waals surface area (Å²) >= 11 is 0. The molecule has 3 atom stereocenters. The standard InChI is InChI=1S/C17H20N4O/c1-16(2)13-6-5-11-12(9-19)21(4)20-14(11)17(13,3)7-10(8-18)15(16)22/h10,13H,5-7H2,1-4H3/t10?,13-,17-/m0/s1. The first-order chi connectivity index (χ1) is 10.3. The summed E-state index contributed by atoms with van der Waals surface area (Å²) in [6.45, 7) is 6.03. The van der Waals surface area contributed by atoms with Crippen molar-refractivity contribution in [3.05, 3.63) is 17.0 Å². The molecule has 0 aromatic carbocycles. The van der Waals surface area contributed by atoms with Crippen molar-refractivity contribution >= 4 is 5.78 Å². The summed E-state index contributed by atoms with van der Waals surface area (Å²) in [5.41, 5.74) is 1.68. The van der Waals surface area contributed by atoms with Gasteiger partial charge in [-0.1, -0.05) is 20.8 Å². The van der Waals surface area contributed by atoms with E-state index in [2.05, 4.69) is 24.2 Å². The molecule has 0 saturated heterocycles. The molecular formula is C17H20N4O. The van der Waals surface area contributed by atoms with Crippen molar-refractivity contribution < 1.29 is 4.79 Å². The summed E-state index contributed by atoms with van der Waals surface area (Å²) in [4.78, 5) is 12.6. The number of carbonyl (C=O) groups is 1. The molecule has 3 rings (SSSR count). The highest BCUT2D eigenvalue weighted by Crippen LogP contribution is 2.56. The topological polar surface area (TPSA) is 82.5 Å². The van der Waals surface area contributed by atoms with Gasteiger partial charge in [-0.3, -0.25) is 9.48 Å².